The van der Waals surface area contributed by atoms with Crippen molar-refractivity contribution >= 4 is 27.5 Å². The van der Waals surface area contributed by atoms with Gasteiger partial charge in [0, 0.05) is 5.33 Å². The molecule has 3 nitrogen and oxygen atoms in total. The van der Waals surface area contributed by atoms with Crippen LogP contribution >= 0.6 is 27.5 Å². The molecule has 0 amide bonds. The van der Waals surface area contributed by atoms with Crippen LogP contribution in [0.5, 0.6) is 0 Å². The zero-order valence-electron chi connectivity index (χ0n) is 8.25. The summed E-state index contributed by atoms with van der Waals surface area (Å²) in [6.07, 6.45) is -7.34. The maximum Gasteiger partial charge on any atom is 0.433 e. The van der Waals surface area contributed by atoms with E-state index in [1.807, 2.05) is 0 Å². The first kappa shape index (κ1) is 14.7. The van der Waals surface area contributed by atoms with E-state index in [0.29, 0.717) is 6.07 Å². The Morgan fingerprint density at radius 2 is 1.94 bits per heavy atom. The number of alkyl halides is 4. The molecule has 2 atom stereocenters. The molecule has 0 aliphatic carbocycles. The van der Waals surface area contributed by atoms with Gasteiger partial charge in [-0.2, -0.15) is 13.2 Å². The lowest BCUT2D eigenvalue weighted by Crippen LogP contribution is -2.20. The summed E-state index contributed by atoms with van der Waals surface area (Å²) in [4.78, 5) is 3.11. The van der Waals surface area contributed by atoms with Crippen LogP contribution in [0, 0.1) is 0 Å². The third kappa shape index (κ3) is 3.80. The fraction of sp³-hybridized carbons (Fsp3) is 0.444. The molecule has 1 aromatic heterocycles. The van der Waals surface area contributed by atoms with Crippen LogP contribution in [-0.2, 0) is 6.18 Å². The molecule has 0 radical (unpaired) electrons. The van der Waals surface area contributed by atoms with Crippen molar-refractivity contribution in [2.75, 3.05) is 5.33 Å². The number of aliphatic hydroxyl groups is 2. The van der Waals surface area contributed by atoms with Gasteiger partial charge < -0.3 is 10.2 Å². The highest BCUT2D eigenvalue weighted by Crippen LogP contribution is 2.31. The van der Waals surface area contributed by atoms with Gasteiger partial charge in [-0.05, 0) is 17.7 Å². The Hall–Kier alpha value is -0.370. The SMILES string of the molecule is OC(CBr)C(O)c1cc(Cl)nc(C(F)(F)F)c1. The van der Waals surface area contributed by atoms with Crippen LogP contribution in [0.4, 0.5) is 13.2 Å². The zero-order valence-corrected chi connectivity index (χ0v) is 10.6. The fourth-order valence-electron chi connectivity index (χ4n) is 1.14. The van der Waals surface area contributed by atoms with Gasteiger partial charge in [0.25, 0.3) is 0 Å². The second kappa shape index (κ2) is 5.51. The number of hydrogen-bond donors (Lipinski definition) is 2. The molecule has 0 saturated heterocycles. The highest BCUT2D eigenvalue weighted by atomic mass is 79.9. The van der Waals surface area contributed by atoms with E-state index in [1.165, 1.54) is 0 Å². The van der Waals surface area contributed by atoms with Gasteiger partial charge in [-0.3, -0.25) is 0 Å². The molecule has 96 valence electrons. The summed E-state index contributed by atoms with van der Waals surface area (Å²) < 4.78 is 37.3. The van der Waals surface area contributed by atoms with E-state index in [4.69, 9.17) is 11.6 Å². The van der Waals surface area contributed by atoms with Crippen LogP contribution in [0.15, 0.2) is 12.1 Å². The number of hydrogen-bond acceptors (Lipinski definition) is 3. The minimum absolute atomic E-state index is 0.0233. The van der Waals surface area contributed by atoms with E-state index in [2.05, 4.69) is 20.9 Å². The van der Waals surface area contributed by atoms with Crippen LogP contribution < -0.4 is 0 Å². The molecule has 1 aromatic rings. The van der Waals surface area contributed by atoms with Gasteiger partial charge in [0.05, 0.1) is 6.10 Å². The van der Waals surface area contributed by atoms with Crippen LogP contribution in [0.3, 0.4) is 0 Å². The molecule has 8 heteroatoms. The molecule has 0 spiro atoms. The Balaban J connectivity index is 3.14. The molecule has 1 rings (SSSR count). The van der Waals surface area contributed by atoms with E-state index in [-0.39, 0.29) is 10.9 Å². The van der Waals surface area contributed by atoms with Crippen LogP contribution in [0.1, 0.15) is 17.4 Å². The summed E-state index contributed by atoms with van der Waals surface area (Å²) in [6, 6.07) is 1.73. The lowest BCUT2D eigenvalue weighted by molar-refractivity contribution is -0.141. The monoisotopic (exact) mass is 333 g/mol. The van der Waals surface area contributed by atoms with Crippen molar-refractivity contribution in [1.82, 2.24) is 4.98 Å². The van der Waals surface area contributed by atoms with Gasteiger partial charge in [0.1, 0.15) is 17.0 Å². The molecule has 2 unspecified atom stereocenters. The number of aliphatic hydroxyl groups excluding tert-OH is 2. The van der Waals surface area contributed by atoms with Crippen molar-refractivity contribution < 1.29 is 23.4 Å². The van der Waals surface area contributed by atoms with Gasteiger partial charge >= 0.3 is 6.18 Å². The summed E-state index contributed by atoms with van der Waals surface area (Å²) in [6.45, 7) is 0. The normalized spacial score (nSPS) is 15.7. The molecule has 0 saturated carbocycles. The summed E-state index contributed by atoms with van der Waals surface area (Å²) in [5.74, 6) is 0. The molecule has 0 aliphatic heterocycles. The summed E-state index contributed by atoms with van der Waals surface area (Å²) in [7, 11) is 0. The van der Waals surface area contributed by atoms with Crippen LogP contribution in [0.2, 0.25) is 5.15 Å². The van der Waals surface area contributed by atoms with E-state index in [9.17, 15) is 23.4 Å². The predicted octanol–water partition coefficient (Wildman–Crippen LogP) is 2.54. The number of aromatic nitrogens is 1. The predicted molar refractivity (Wildman–Crippen MR) is 59.0 cm³/mol. The van der Waals surface area contributed by atoms with Gasteiger partial charge in [0.2, 0.25) is 0 Å². The Kier molecular flexibility index (Phi) is 4.77. The Bertz CT molecular complexity index is 402. The Morgan fingerprint density at radius 3 is 2.41 bits per heavy atom. The standard InChI is InChI=1S/C9H8BrClF3NO2/c10-3-5(16)8(17)4-1-6(9(12,13)14)15-7(11)2-4/h1-2,5,8,16-17H,3H2. The first-order valence-electron chi connectivity index (χ1n) is 4.42. The minimum Gasteiger partial charge on any atom is -0.389 e. The molecule has 2 N–H and O–H groups in total. The van der Waals surface area contributed by atoms with Gasteiger partial charge in [-0.15, -0.1) is 0 Å². The summed E-state index contributed by atoms with van der Waals surface area (Å²) in [5.41, 5.74) is -1.34. The lowest BCUT2D eigenvalue weighted by Gasteiger charge is -2.17. The quantitative estimate of drug-likeness (QED) is 0.660. The fourth-order valence-corrected chi connectivity index (χ4v) is 1.71. The molecular formula is C9H8BrClF3NO2. The average molecular weight is 335 g/mol. The molecule has 0 aliphatic rings. The summed E-state index contributed by atoms with van der Waals surface area (Å²) >= 11 is 8.34. The van der Waals surface area contributed by atoms with Crippen LogP contribution in [0.25, 0.3) is 0 Å². The van der Waals surface area contributed by atoms with E-state index >= 15 is 0 Å². The summed E-state index contributed by atoms with van der Waals surface area (Å²) in [5, 5.41) is 18.5. The molecule has 0 bridgehead atoms. The lowest BCUT2D eigenvalue weighted by atomic mass is 10.1. The number of rotatable bonds is 3. The van der Waals surface area contributed by atoms with Crippen molar-refractivity contribution in [1.29, 1.82) is 0 Å². The van der Waals surface area contributed by atoms with Crippen molar-refractivity contribution in [2.45, 2.75) is 18.4 Å². The third-order valence-electron chi connectivity index (χ3n) is 1.97. The average Bonchev–Trinajstić information content (AvgIpc) is 2.25. The second-order valence-corrected chi connectivity index (χ2v) is 4.31. The maximum atomic E-state index is 12.4. The van der Waals surface area contributed by atoms with E-state index < -0.39 is 29.2 Å². The van der Waals surface area contributed by atoms with E-state index in [1.54, 1.807) is 0 Å². The third-order valence-corrected chi connectivity index (χ3v) is 2.83. The van der Waals surface area contributed by atoms with Crippen molar-refractivity contribution in [3.05, 3.63) is 28.5 Å². The molecule has 0 aromatic carbocycles. The topological polar surface area (TPSA) is 53.4 Å². The Morgan fingerprint density at radius 1 is 1.35 bits per heavy atom. The van der Waals surface area contributed by atoms with E-state index in [0.717, 1.165) is 6.07 Å². The molecule has 0 fully saturated rings. The van der Waals surface area contributed by atoms with Gasteiger partial charge in [-0.25, -0.2) is 4.98 Å². The van der Waals surface area contributed by atoms with Crippen molar-refractivity contribution in [3.63, 3.8) is 0 Å². The first-order valence-corrected chi connectivity index (χ1v) is 5.92. The highest BCUT2D eigenvalue weighted by molar-refractivity contribution is 9.09. The molecule has 17 heavy (non-hydrogen) atoms. The van der Waals surface area contributed by atoms with Gasteiger partial charge in [0.15, 0.2) is 0 Å². The zero-order chi connectivity index (χ0) is 13.2. The Labute approximate surface area is 108 Å². The van der Waals surface area contributed by atoms with Crippen LogP contribution in [-0.4, -0.2) is 26.6 Å². The smallest absolute Gasteiger partial charge is 0.389 e. The van der Waals surface area contributed by atoms with Gasteiger partial charge in [-0.1, -0.05) is 27.5 Å². The van der Waals surface area contributed by atoms with Crippen molar-refractivity contribution in [3.8, 4) is 0 Å². The second-order valence-electron chi connectivity index (χ2n) is 3.27. The number of halogens is 5. The molecule has 1 heterocycles. The number of nitrogens with zero attached hydrogens (tertiary/aromatic N) is 1. The molecular weight excluding hydrogens is 326 g/mol. The maximum absolute atomic E-state index is 12.4. The largest absolute Gasteiger partial charge is 0.433 e. The van der Waals surface area contributed by atoms with Crippen molar-refractivity contribution in [2.24, 2.45) is 0 Å². The highest BCUT2D eigenvalue weighted by Gasteiger charge is 2.34. The number of pyridine rings is 1. The minimum atomic E-state index is -4.65. The first-order chi connectivity index (χ1) is 7.75.